The van der Waals surface area contributed by atoms with Gasteiger partial charge in [-0.15, -0.1) is 17.9 Å². The molecule has 0 aliphatic heterocycles. The van der Waals surface area contributed by atoms with Crippen LogP contribution in [0.4, 0.5) is 4.79 Å². The third-order valence-electron chi connectivity index (χ3n) is 3.35. The first-order valence-corrected chi connectivity index (χ1v) is 9.59. The van der Waals surface area contributed by atoms with Crippen molar-refractivity contribution >= 4 is 45.3 Å². The average molecular weight is 384 g/mol. The number of carbonyl (C=O) groups is 2. The van der Waals surface area contributed by atoms with Crippen molar-refractivity contribution in [3.63, 3.8) is 0 Å². The molecule has 3 aromatic rings. The van der Waals surface area contributed by atoms with Gasteiger partial charge in [-0.25, -0.2) is 14.8 Å². The third kappa shape index (κ3) is 4.47. The van der Waals surface area contributed by atoms with E-state index in [0.29, 0.717) is 6.54 Å². The smallest absolute Gasteiger partial charge is 0.321 e. The van der Waals surface area contributed by atoms with Gasteiger partial charge in [0.2, 0.25) is 5.91 Å². The molecular formula is C18H16N4O2S2. The number of hydrogen-bond acceptors (Lipinski definition) is 6. The van der Waals surface area contributed by atoms with Crippen LogP contribution in [0.2, 0.25) is 0 Å². The predicted molar refractivity (Wildman–Crippen MR) is 105 cm³/mol. The van der Waals surface area contributed by atoms with E-state index in [0.717, 1.165) is 25.7 Å². The lowest BCUT2D eigenvalue weighted by molar-refractivity contribution is -0.117. The lowest BCUT2D eigenvalue weighted by Crippen LogP contribution is -2.40. The lowest BCUT2D eigenvalue weighted by Gasteiger charge is -2.04. The van der Waals surface area contributed by atoms with Crippen LogP contribution in [0.3, 0.4) is 0 Å². The number of amides is 3. The summed E-state index contributed by atoms with van der Waals surface area (Å²) in [4.78, 5) is 33.9. The first-order valence-electron chi connectivity index (χ1n) is 7.78. The van der Waals surface area contributed by atoms with Crippen LogP contribution in [0.15, 0.2) is 60.4 Å². The molecule has 1 aromatic carbocycles. The Labute approximate surface area is 158 Å². The van der Waals surface area contributed by atoms with Crippen molar-refractivity contribution in [2.45, 2.75) is 5.03 Å². The van der Waals surface area contributed by atoms with E-state index < -0.39 is 6.03 Å². The van der Waals surface area contributed by atoms with E-state index in [-0.39, 0.29) is 11.7 Å². The Balaban J connectivity index is 1.70. The zero-order valence-corrected chi connectivity index (χ0v) is 15.4. The van der Waals surface area contributed by atoms with Crippen molar-refractivity contribution in [1.82, 2.24) is 20.6 Å². The van der Waals surface area contributed by atoms with E-state index in [9.17, 15) is 9.59 Å². The van der Waals surface area contributed by atoms with Gasteiger partial charge in [0, 0.05) is 16.8 Å². The largest absolute Gasteiger partial charge is 0.334 e. The number of rotatable bonds is 6. The number of imide groups is 1. The van der Waals surface area contributed by atoms with E-state index in [4.69, 9.17) is 0 Å². The minimum Gasteiger partial charge on any atom is -0.334 e. The van der Waals surface area contributed by atoms with Crippen molar-refractivity contribution < 1.29 is 9.59 Å². The van der Waals surface area contributed by atoms with E-state index >= 15 is 0 Å². The number of nitrogens with one attached hydrogen (secondary N) is 2. The van der Waals surface area contributed by atoms with Crippen LogP contribution in [-0.2, 0) is 4.79 Å². The van der Waals surface area contributed by atoms with E-state index in [1.54, 1.807) is 11.3 Å². The highest BCUT2D eigenvalue weighted by atomic mass is 32.2. The van der Waals surface area contributed by atoms with Gasteiger partial charge in [0.25, 0.3) is 0 Å². The maximum atomic E-state index is 11.9. The van der Waals surface area contributed by atoms with Crippen molar-refractivity contribution in [2.75, 3.05) is 12.3 Å². The number of thiophene rings is 1. The summed E-state index contributed by atoms with van der Waals surface area (Å²) in [6, 6.07) is 11.5. The van der Waals surface area contributed by atoms with Gasteiger partial charge in [0.05, 0.1) is 5.75 Å². The Morgan fingerprint density at radius 1 is 1.23 bits per heavy atom. The van der Waals surface area contributed by atoms with Gasteiger partial charge in [-0.1, -0.05) is 48.2 Å². The quantitative estimate of drug-likeness (QED) is 0.386. The monoisotopic (exact) mass is 384 g/mol. The molecule has 0 atom stereocenters. The number of hydrogen-bond donors (Lipinski definition) is 2. The van der Waals surface area contributed by atoms with Crippen molar-refractivity contribution in [1.29, 1.82) is 0 Å². The molecule has 0 saturated carbocycles. The number of urea groups is 1. The molecule has 0 aliphatic rings. The maximum Gasteiger partial charge on any atom is 0.321 e. The molecule has 3 amide bonds. The van der Waals surface area contributed by atoms with Gasteiger partial charge < -0.3 is 5.32 Å². The summed E-state index contributed by atoms with van der Waals surface area (Å²) in [6.07, 6.45) is 3.03. The zero-order valence-electron chi connectivity index (χ0n) is 13.8. The van der Waals surface area contributed by atoms with Crippen molar-refractivity contribution in [3.05, 3.63) is 55.4 Å². The summed E-state index contributed by atoms with van der Waals surface area (Å²) >= 11 is 2.86. The average Bonchev–Trinajstić information content (AvgIpc) is 3.10. The summed E-state index contributed by atoms with van der Waals surface area (Å²) in [6.45, 7) is 3.80. The van der Waals surface area contributed by atoms with Crippen LogP contribution in [0.1, 0.15) is 0 Å². The minimum absolute atomic E-state index is 0.0874. The first kappa shape index (κ1) is 18.1. The number of fused-ring (bicyclic) bond motifs is 1. The highest BCUT2D eigenvalue weighted by Crippen LogP contribution is 2.35. The van der Waals surface area contributed by atoms with Crippen molar-refractivity contribution in [3.8, 4) is 10.4 Å². The van der Waals surface area contributed by atoms with Gasteiger partial charge in [-0.05, 0) is 11.6 Å². The molecule has 0 radical (unpaired) electrons. The van der Waals surface area contributed by atoms with Crippen LogP contribution in [0, 0.1) is 0 Å². The van der Waals surface area contributed by atoms with Crippen LogP contribution >= 0.6 is 23.1 Å². The molecule has 0 bridgehead atoms. The molecule has 2 N–H and O–H groups in total. The van der Waals surface area contributed by atoms with Crippen molar-refractivity contribution in [2.24, 2.45) is 0 Å². The fraction of sp³-hybridized carbons (Fsp3) is 0.111. The standard InChI is InChI=1S/C18H16N4O2S2/c1-2-8-19-18(24)22-15(23)10-25-16-13-9-14(12-6-4-3-5-7-12)26-17(13)21-11-20-16/h2-7,9,11H,1,8,10H2,(H2,19,22,23,24). The van der Waals surface area contributed by atoms with Crippen LogP contribution in [0.5, 0.6) is 0 Å². The molecule has 3 rings (SSSR count). The minimum atomic E-state index is -0.537. The lowest BCUT2D eigenvalue weighted by atomic mass is 10.2. The van der Waals surface area contributed by atoms with E-state index in [2.05, 4.69) is 27.2 Å². The fourth-order valence-electron chi connectivity index (χ4n) is 2.20. The number of thioether (sulfide) groups is 1. The predicted octanol–water partition coefficient (Wildman–Crippen LogP) is 3.46. The SMILES string of the molecule is C=CCNC(=O)NC(=O)CSc1ncnc2sc(-c3ccccc3)cc12. The second-order valence-electron chi connectivity index (χ2n) is 5.21. The summed E-state index contributed by atoms with van der Waals surface area (Å²) in [5.74, 6) is -0.300. The second kappa shape index (κ2) is 8.59. The van der Waals surface area contributed by atoms with Crippen LogP contribution < -0.4 is 10.6 Å². The third-order valence-corrected chi connectivity index (χ3v) is 5.45. The highest BCUT2D eigenvalue weighted by Gasteiger charge is 2.13. The van der Waals surface area contributed by atoms with Gasteiger partial charge in [0.15, 0.2) is 0 Å². The Morgan fingerprint density at radius 2 is 2.04 bits per heavy atom. The topological polar surface area (TPSA) is 84.0 Å². The normalized spacial score (nSPS) is 10.5. The molecule has 0 fully saturated rings. The van der Waals surface area contributed by atoms with Gasteiger partial charge in [-0.2, -0.15) is 0 Å². The molecule has 0 saturated heterocycles. The number of aromatic nitrogens is 2. The van der Waals surface area contributed by atoms with Crippen LogP contribution in [-0.4, -0.2) is 34.2 Å². The molecule has 0 spiro atoms. The molecule has 0 unspecified atom stereocenters. The molecule has 2 aromatic heterocycles. The molecule has 8 heteroatoms. The molecular weight excluding hydrogens is 368 g/mol. The van der Waals surface area contributed by atoms with Crippen LogP contribution in [0.25, 0.3) is 20.7 Å². The summed E-state index contributed by atoms with van der Waals surface area (Å²) in [5.41, 5.74) is 1.11. The number of benzene rings is 1. The molecule has 2 heterocycles. The second-order valence-corrected chi connectivity index (χ2v) is 7.20. The maximum absolute atomic E-state index is 11.9. The van der Waals surface area contributed by atoms with E-state index in [1.807, 2.05) is 36.4 Å². The van der Waals surface area contributed by atoms with Gasteiger partial charge in [0.1, 0.15) is 16.2 Å². The Morgan fingerprint density at radius 3 is 2.81 bits per heavy atom. The van der Waals surface area contributed by atoms with Gasteiger partial charge >= 0.3 is 6.03 Å². The van der Waals surface area contributed by atoms with Gasteiger partial charge in [-0.3, -0.25) is 10.1 Å². The Bertz CT molecular complexity index is 941. The summed E-state index contributed by atoms with van der Waals surface area (Å²) < 4.78 is 0. The summed E-state index contributed by atoms with van der Waals surface area (Å²) in [7, 11) is 0. The first-order chi connectivity index (χ1) is 12.7. The molecule has 0 aliphatic carbocycles. The van der Waals surface area contributed by atoms with E-state index in [1.165, 1.54) is 24.2 Å². The fourth-order valence-corrected chi connectivity index (χ4v) is 4.04. The number of carbonyl (C=O) groups excluding carboxylic acids is 2. The zero-order chi connectivity index (χ0) is 18.4. The molecule has 132 valence electrons. The molecule has 26 heavy (non-hydrogen) atoms. The number of nitrogens with zero attached hydrogens (tertiary/aromatic N) is 2. The Kier molecular flexibility index (Phi) is 5.98. The highest BCUT2D eigenvalue weighted by molar-refractivity contribution is 8.00. The Hall–Kier alpha value is -2.71. The summed E-state index contributed by atoms with van der Waals surface area (Å²) in [5, 5.41) is 6.38. The molecule has 6 nitrogen and oxygen atoms in total.